The molecule has 0 spiro atoms. The minimum Gasteiger partial charge on any atom is -0.348 e. The van der Waals surface area contributed by atoms with Crippen LogP contribution >= 0.6 is 0 Å². The fourth-order valence-corrected chi connectivity index (χ4v) is 4.10. The van der Waals surface area contributed by atoms with Crippen molar-refractivity contribution in [3.05, 3.63) is 65.7 Å². The van der Waals surface area contributed by atoms with Crippen molar-refractivity contribution in [2.75, 3.05) is 10.6 Å². The van der Waals surface area contributed by atoms with Gasteiger partial charge in [0.2, 0.25) is 15.9 Å². The number of nitrogens with zero attached hydrogens (tertiary/aromatic N) is 1. The minimum absolute atomic E-state index is 0.211. The molecule has 5 nitrogen and oxygen atoms in total. The molecule has 0 aliphatic rings. The first-order valence-electron chi connectivity index (χ1n) is 8.65. The van der Waals surface area contributed by atoms with Gasteiger partial charge in [0, 0.05) is 0 Å². The van der Waals surface area contributed by atoms with Crippen LogP contribution in [-0.4, -0.2) is 26.6 Å². The third-order valence-corrected chi connectivity index (χ3v) is 5.46. The minimum atomic E-state index is -3.62. The number of benzene rings is 2. The van der Waals surface area contributed by atoms with E-state index in [1.165, 1.54) is 4.31 Å². The fraction of sp³-hybridized carbons (Fsp3) is 0.350. The number of carbonyl (C=O) groups is 1. The molecule has 0 unspecified atom stereocenters. The van der Waals surface area contributed by atoms with Crippen molar-refractivity contribution in [3.63, 3.8) is 0 Å². The molecule has 0 bridgehead atoms. The molecule has 0 radical (unpaired) electrons. The van der Waals surface area contributed by atoms with Gasteiger partial charge in [-0.1, -0.05) is 55.0 Å². The van der Waals surface area contributed by atoms with E-state index in [1.54, 1.807) is 12.1 Å². The Labute approximate surface area is 156 Å². The molecule has 6 heteroatoms. The Hall–Kier alpha value is -2.34. The molecule has 0 fully saturated rings. The Morgan fingerprint density at radius 1 is 1.08 bits per heavy atom. The maximum atomic E-state index is 12.9. The summed E-state index contributed by atoms with van der Waals surface area (Å²) in [5.74, 6) is -0.310. The first-order valence-corrected chi connectivity index (χ1v) is 10.5. The zero-order valence-electron chi connectivity index (χ0n) is 15.6. The van der Waals surface area contributed by atoms with E-state index in [9.17, 15) is 13.2 Å². The van der Waals surface area contributed by atoms with Crippen molar-refractivity contribution < 1.29 is 13.2 Å². The predicted molar refractivity (Wildman–Crippen MR) is 106 cm³/mol. The molecule has 2 rings (SSSR count). The summed E-state index contributed by atoms with van der Waals surface area (Å²) in [6, 6.07) is 15.7. The Morgan fingerprint density at radius 3 is 2.15 bits per heavy atom. The van der Waals surface area contributed by atoms with Crippen LogP contribution in [0.15, 0.2) is 54.6 Å². The van der Waals surface area contributed by atoms with Crippen molar-refractivity contribution in [2.45, 2.75) is 39.3 Å². The fourth-order valence-electron chi connectivity index (χ4n) is 2.89. The zero-order valence-corrected chi connectivity index (χ0v) is 16.5. The number of anilines is 1. The lowest BCUT2D eigenvalue weighted by Crippen LogP contribution is -2.49. The van der Waals surface area contributed by atoms with Crippen LogP contribution in [0.2, 0.25) is 0 Å². The molecule has 0 aromatic heterocycles. The van der Waals surface area contributed by atoms with Crippen molar-refractivity contribution >= 4 is 21.6 Å². The normalized spacial score (nSPS) is 13.7. The average Bonchev–Trinajstić information content (AvgIpc) is 2.60. The Bertz CT molecular complexity index is 833. The summed E-state index contributed by atoms with van der Waals surface area (Å²) in [4.78, 5) is 12.9. The molecule has 0 aliphatic carbocycles. The Balaban J connectivity index is 2.29. The first kappa shape index (κ1) is 20.0. The molecule has 0 saturated heterocycles. The van der Waals surface area contributed by atoms with E-state index in [-0.39, 0.29) is 11.9 Å². The van der Waals surface area contributed by atoms with Crippen molar-refractivity contribution in [2.24, 2.45) is 0 Å². The third kappa shape index (κ3) is 4.85. The quantitative estimate of drug-likeness (QED) is 0.807. The van der Waals surface area contributed by atoms with Crippen LogP contribution in [0.3, 0.4) is 0 Å². The van der Waals surface area contributed by atoms with E-state index >= 15 is 0 Å². The number of aryl methyl sites for hydroxylation is 1. The second-order valence-electron chi connectivity index (χ2n) is 6.46. The SMILES string of the molecule is CC[C@@H](C(=O)N[C@@H](C)c1ccccc1)N(c1ccc(C)cc1)S(C)(=O)=O. The predicted octanol–water partition coefficient (Wildman–Crippen LogP) is 3.42. The summed E-state index contributed by atoms with van der Waals surface area (Å²) in [6.07, 6.45) is 1.50. The van der Waals surface area contributed by atoms with Gasteiger partial charge in [-0.2, -0.15) is 0 Å². The van der Waals surface area contributed by atoms with Crippen molar-refractivity contribution in [3.8, 4) is 0 Å². The third-order valence-electron chi connectivity index (χ3n) is 4.28. The summed E-state index contributed by atoms with van der Waals surface area (Å²) in [7, 11) is -3.62. The average molecular weight is 375 g/mol. The van der Waals surface area contributed by atoms with Gasteiger partial charge >= 0.3 is 0 Å². The molecule has 0 saturated carbocycles. The highest BCUT2D eigenvalue weighted by Gasteiger charge is 2.32. The van der Waals surface area contributed by atoms with E-state index in [0.717, 1.165) is 17.4 Å². The van der Waals surface area contributed by atoms with Crippen LogP contribution in [0.25, 0.3) is 0 Å². The van der Waals surface area contributed by atoms with Crippen LogP contribution in [0, 0.1) is 6.92 Å². The highest BCUT2D eigenvalue weighted by molar-refractivity contribution is 7.92. The molecule has 0 heterocycles. The largest absolute Gasteiger partial charge is 0.348 e. The number of sulfonamides is 1. The van der Waals surface area contributed by atoms with Gasteiger partial charge in [0.1, 0.15) is 6.04 Å². The highest BCUT2D eigenvalue weighted by atomic mass is 32.2. The van der Waals surface area contributed by atoms with Crippen LogP contribution < -0.4 is 9.62 Å². The molecule has 140 valence electrons. The Morgan fingerprint density at radius 2 is 1.65 bits per heavy atom. The molecule has 1 amide bonds. The van der Waals surface area contributed by atoms with Crippen LogP contribution in [0.4, 0.5) is 5.69 Å². The van der Waals surface area contributed by atoms with Gasteiger partial charge in [0.05, 0.1) is 18.0 Å². The van der Waals surface area contributed by atoms with Crippen LogP contribution in [-0.2, 0) is 14.8 Å². The van der Waals surface area contributed by atoms with Gasteiger partial charge in [0.15, 0.2) is 0 Å². The van der Waals surface area contributed by atoms with E-state index < -0.39 is 16.1 Å². The van der Waals surface area contributed by atoms with E-state index in [2.05, 4.69) is 5.32 Å². The molecular weight excluding hydrogens is 348 g/mol. The second-order valence-corrected chi connectivity index (χ2v) is 8.32. The molecular formula is C20H26N2O3S. The smallest absolute Gasteiger partial charge is 0.244 e. The van der Waals surface area contributed by atoms with Gasteiger partial charge < -0.3 is 5.32 Å². The maximum absolute atomic E-state index is 12.9. The number of hydrogen-bond acceptors (Lipinski definition) is 3. The van der Waals surface area contributed by atoms with Gasteiger partial charge in [-0.05, 0) is 38.0 Å². The van der Waals surface area contributed by atoms with Crippen LogP contribution in [0.5, 0.6) is 0 Å². The van der Waals surface area contributed by atoms with Crippen LogP contribution in [0.1, 0.15) is 37.4 Å². The molecule has 0 aliphatic heterocycles. The van der Waals surface area contributed by atoms with Crippen molar-refractivity contribution in [1.82, 2.24) is 5.32 Å². The van der Waals surface area contributed by atoms with Gasteiger partial charge in [-0.3, -0.25) is 9.10 Å². The number of nitrogens with one attached hydrogen (secondary N) is 1. The standard InChI is InChI=1S/C20H26N2O3S/c1-5-19(20(23)21-16(3)17-9-7-6-8-10-17)22(26(4,24)25)18-13-11-15(2)12-14-18/h6-14,16,19H,5H2,1-4H3,(H,21,23)/t16-,19-/m0/s1. The first-order chi connectivity index (χ1) is 12.2. The highest BCUT2D eigenvalue weighted by Crippen LogP contribution is 2.23. The number of hydrogen-bond donors (Lipinski definition) is 1. The number of amides is 1. The van der Waals surface area contributed by atoms with Gasteiger partial charge in [0.25, 0.3) is 0 Å². The lowest BCUT2D eigenvalue weighted by atomic mass is 10.1. The lowest BCUT2D eigenvalue weighted by molar-refractivity contribution is -0.122. The van der Waals surface area contributed by atoms with E-state index in [1.807, 2.05) is 63.2 Å². The molecule has 2 atom stereocenters. The van der Waals surface area contributed by atoms with Gasteiger partial charge in [-0.25, -0.2) is 8.42 Å². The van der Waals surface area contributed by atoms with E-state index in [0.29, 0.717) is 12.1 Å². The summed E-state index contributed by atoms with van der Waals surface area (Å²) in [5, 5.41) is 2.94. The molecule has 1 N–H and O–H groups in total. The maximum Gasteiger partial charge on any atom is 0.244 e. The Kier molecular flexibility index (Phi) is 6.42. The number of rotatable bonds is 7. The lowest BCUT2D eigenvalue weighted by Gasteiger charge is -2.31. The summed E-state index contributed by atoms with van der Waals surface area (Å²) >= 11 is 0. The molecule has 2 aromatic carbocycles. The second kappa shape index (κ2) is 8.36. The molecule has 2 aromatic rings. The molecule has 26 heavy (non-hydrogen) atoms. The van der Waals surface area contributed by atoms with Gasteiger partial charge in [-0.15, -0.1) is 0 Å². The topological polar surface area (TPSA) is 66.5 Å². The summed E-state index contributed by atoms with van der Waals surface area (Å²) in [6.45, 7) is 5.63. The zero-order chi connectivity index (χ0) is 19.3. The monoisotopic (exact) mass is 374 g/mol. The van der Waals surface area contributed by atoms with Crippen molar-refractivity contribution in [1.29, 1.82) is 0 Å². The summed E-state index contributed by atoms with van der Waals surface area (Å²) < 4.78 is 26.1. The van der Waals surface area contributed by atoms with E-state index in [4.69, 9.17) is 0 Å². The number of carbonyl (C=O) groups excluding carboxylic acids is 1. The summed E-state index contributed by atoms with van der Waals surface area (Å²) in [5.41, 5.74) is 2.49.